The summed E-state index contributed by atoms with van der Waals surface area (Å²) in [6.45, 7) is 3.43. The molecule has 0 aromatic heterocycles. The molecule has 2 atom stereocenters. The molecule has 0 fully saturated rings. The average molecular weight is 648 g/mol. The van der Waals surface area contributed by atoms with Gasteiger partial charge in [-0.1, -0.05) is 79.2 Å². The molecule has 4 rings (SSSR count). The van der Waals surface area contributed by atoms with Gasteiger partial charge in [0.05, 0.1) is 11.9 Å². The van der Waals surface area contributed by atoms with Crippen molar-refractivity contribution >= 4 is 39.1 Å². The fourth-order valence-corrected chi connectivity index (χ4v) is 5.68. The molecule has 8 nitrogen and oxygen atoms in total. The van der Waals surface area contributed by atoms with Crippen molar-refractivity contribution in [3.05, 3.63) is 125 Å². The van der Waals surface area contributed by atoms with Crippen molar-refractivity contribution in [1.29, 1.82) is 0 Å². The van der Waals surface area contributed by atoms with Gasteiger partial charge in [0.1, 0.15) is 24.1 Å². The van der Waals surface area contributed by atoms with Crippen LogP contribution in [0.15, 0.2) is 109 Å². The summed E-state index contributed by atoms with van der Waals surface area (Å²) in [6.07, 6.45) is 2.00. The molecular formula is C35H38ClN3O5S. The van der Waals surface area contributed by atoms with Gasteiger partial charge in [0.2, 0.25) is 21.8 Å². The largest absolute Gasteiger partial charge is 0.457 e. The highest BCUT2D eigenvalue weighted by Crippen LogP contribution is 2.26. The van der Waals surface area contributed by atoms with Crippen LogP contribution in [-0.4, -0.2) is 50.0 Å². The first-order chi connectivity index (χ1) is 21.5. The quantitative estimate of drug-likeness (QED) is 0.170. The molecule has 236 valence electrons. The van der Waals surface area contributed by atoms with Crippen LogP contribution in [0, 0.1) is 0 Å². The number of nitrogens with one attached hydrogen (secondary N) is 1. The summed E-state index contributed by atoms with van der Waals surface area (Å²) in [5, 5.41) is 3.56. The highest BCUT2D eigenvalue weighted by molar-refractivity contribution is 7.92. The van der Waals surface area contributed by atoms with E-state index in [2.05, 4.69) is 5.32 Å². The summed E-state index contributed by atoms with van der Waals surface area (Å²) in [7, 11) is -3.90. The van der Waals surface area contributed by atoms with Gasteiger partial charge < -0.3 is 15.0 Å². The van der Waals surface area contributed by atoms with E-state index < -0.39 is 28.5 Å². The van der Waals surface area contributed by atoms with Crippen molar-refractivity contribution in [1.82, 2.24) is 10.2 Å². The fraction of sp³-hybridized carbons (Fsp3) is 0.257. The normalized spacial score (nSPS) is 12.5. The summed E-state index contributed by atoms with van der Waals surface area (Å²) >= 11 is 6.12. The van der Waals surface area contributed by atoms with Gasteiger partial charge >= 0.3 is 0 Å². The number of carbonyl (C=O) groups excluding carboxylic acids is 2. The lowest BCUT2D eigenvalue weighted by Gasteiger charge is -2.34. The third-order valence-corrected chi connectivity index (χ3v) is 8.71. The van der Waals surface area contributed by atoms with E-state index in [1.54, 1.807) is 48.5 Å². The number of hydrogen-bond acceptors (Lipinski definition) is 5. The van der Waals surface area contributed by atoms with E-state index in [-0.39, 0.29) is 24.9 Å². The predicted octanol–water partition coefficient (Wildman–Crippen LogP) is 6.45. The summed E-state index contributed by atoms with van der Waals surface area (Å²) in [5.41, 5.74) is 1.90. The van der Waals surface area contributed by atoms with E-state index in [0.717, 1.165) is 21.7 Å². The first-order valence-corrected chi connectivity index (χ1v) is 16.9. The molecule has 2 amide bonds. The van der Waals surface area contributed by atoms with E-state index >= 15 is 0 Å². The van der Waals surface area contributed by atoms with Crippen LogP contribution in [0.2, 0.25) is 5.02 Å². The van der Waals surface area contributed by atoms with Crippen LogP contribution in [0.5, 0.6) is 11.5 Å². The molecule has 0 saturated carbocycles. The van der Waals surface area contributed by atoms with Crippen LogP contribution in [0.3, 0.4) is 0 Å². The highest BCUT2D eigenvalue weighted by Gasteiger charge is 2.33. The first-order valence-electron chi connectivity index (χ1n) is 14.7. The molecule has 0 heterocycles. The van der Waals surface area contributed by atoms with E-state index in [4.69, 9.17) is 16.3 Å². The van der Waals surface area contributed by atoms with Crippen molar-refractivity contribution < 1.29 is 22.7 Å². The van der Waals surface area contributed by atoms with Gasteiger partial charge in [-0.25, -0.2) is 8.42 Å². The standard InChI is InChI=1S/C35H38ClN3O5S/c1-4-26(2)37-35(41)33(23-27-11-7-5-8-12-27)38(24-28-15-17-29(36)18-16-28)34(40)25-39(45(3,42)43)30-19-21-32(22-20-30)44-31-13-9-6-10-14-31/h5-22,26,33H,4,23-25H2,1-3H3,(H,37,41)/t26-,33-/m1/s1. The summed E-state index contributed by atoms with van der Waals surface area (Å²) < 4.78 is 33.0. The van der Waals surface area contributed by atoms with Crippen LogP contribution in [0.1, 0.15) is 31.4 Å². The Kier molecular flexibility index (Phi) is 11.6. The number of halogens is 1. The second kappa shape index (κ2) is 15.6. The molecule has 0 aliphatic carbocycles. The number of benzene rings is 4. The highest BCUT2D eigenvalue weighted by atomic mass is 35.5. The Bertz CT molecular complexity index is 1650. The molecule has 4 aromatic rings. The Morgan fingerprint density at radius 2 is 1.40 bits per heavy atom. The minimum absolute atomic E-state index is 0.0723. The van der Waals surface area contributed by atoms with Gasteiger partial charge in [-0.3, -0.25) is 13.9 Å². The van der Waals surface area contributed by atoms with Crippen LogP contribution in [0.25, 0.3) is 0 Å². The zero-order chi connectivity index (χ0) is 32.4. The van der Waals surface area contributed by atoms with E-state index in [0.29, 0.717) is 28.6 Å². The van der Waals surface area contributed by atoms with Crippen LogP contribution in [0.4, 0.5) is 5.69 Å². The van der Waals surface area contributed by atoms with Gasteiger partial charge in [-0.2, -0.15) is 0 Å². The molecule has 10 heteroatoms. The number of anilines is 1. The van der Waals surface area contributed by atoms with E-state index in [1.165, 1.54) is 4.90 Å². The van der Waals surface area contributed by atoms with E-state index in [1.807, 2.05) is 74.5 Å². The van der Waals surface area contributed by atoms with Crippen molar-refractivity contribution in [2.24, 2.45) is 0 Å². The molecule has 0 radical (unpaired) electrons. The Hall–Kier alpha value is -4.34. The maximum atomic E-state index is 14.2. The lowest BCUT2D eigenvalue weighted by atomic mass is 10.0. The minimum Gasteiger partial charge on any atom is -0.457 e. The van der Waals surface area contributed by atoms with Crippen LogP contribution >= 0.6 is 11.6 Å². The van der Waals surface area contributed by atoms with Crippen LogP contribution in [-0.2, 0) is 32.6 Å². The Morgan fingerprint density at radius 1 is 0.822 bits per heavy atom. The van der Waals surface area contributed by atoms with Gasteiger partial charge in [0, 0.05) is 24.0 Å². The maximum absolute atomic E-state index is 14.2. The number of carbonyl (C=O) groups is 2. The molecule has 0 saturated heterocycles. The number of rotatable bonds is 14. The summed E-state index contributed by atoms with van der Waals surface area (Å²) in [5.74, 6) is 0.307. The van der Waals surface area contributed by atoms with Crippen molar-refractivity contribution in [3.63, 3.8) is 0 Å². The van der Waals surface area contributed by atoms with E-state index in [9.17, 15) is 18.0 Å². The summed E-state index contributed by atoms with van der Waals surface area (Å²) in [6, 6.07) is 31.1. The lowest BCUT2D eigenvalue weighted by molar-refractivity contribution is -0.140. The molecule has 0 unspecified atom stereocenters. The second-order valence-corrected chi connectivity index (χ2v) is 13.2. The molecule has 45 heavy (non-hydrogen) atoms. The van der Waals surface area contributed by atoms with Gasteiger partial charge in [-0.05, 0) is 73.0 Å². The van der Waals surface area contributed by atoms with Gasteiger partial charge in [0.15, 0.2) is 0 Å². The van der Waals surface area contributed by atoms with Crippen LogP contribution < -0.4 is 14.4 Å². The predicted molar refractivity (Wildman–Crippen MR) is 179 cm³/mol. The zero-order valence-electron chi connectivity index (χ0n) is 25.6. The Labute approximate surface area is 270 Å². The molecule has 0 aliphatic heterocycles. The fourth-order valence-electron chi connectivity index (χ4n) is 4.70. The third-order valence-electron chi connectivity index (χ3n) is 7.32. The number of para-hydroxylation sites is 1. The molecule has 0 spiro atoms. The third kappa shape index (κ3) is 9.83. The number of amides is 2. The number of hydrogen-bond donors (Lipinski definition) is 1. The smallest absolute Gasteiger partial charge is 0.244 e. The van der Waals surface area contributed by atoms with Gasteiger partial charge in [-0.15, -0.1) is 0 Å². The zero-order valence-corrected chi connectivity index (χ0v) is 27.2. The average Bonchev–Trinajstić information content (AvgIpc) is 3.03. The minimum atomic E-state index is -3.90. The molecule has 0 aliphatic rings. The molecular weight excluding hydrogens is 610 g/mol. The SMILES string of the molecule is CC[C@@H](C)NC(=O)[C@@H](Cc1ccccc1)N(Cc1ccc(Cl)cc1)C(=O)CN(c1ccc(Oc2ccccc2)cc1)S(C)(=O)=O. The maximum Gasteiger partial charge on any atom is 0.244 e. The number of nitrogens with zero attached hydrogens (tertiary/aromatic N) is 2. The van der Waals surface area contributed by atoms with Crippen molar-refractivity contribution in [2.75, 3.05) is 17.1 Å². The molecule has 0 bridgehead atoms. The first kappa shape index (κ1) is 33.6. The number of ether oxygens (including phenoxy) is 1. The summed E-state index contributed by atoms with van der Waals surface area (Å²) in [4.78, 5) is 29.5. The second-order valence-electron chi connectivity index (χ2n) is 10.9. The lowest BCUT2D eigenvalue weighted by Crippen LogP contribution is -2.54. The molecule has 1 N–H and O–H groups in total. The topological polar surface area (TPSA) is 96.0 Å². The van der Waals surface area contributed by atoms with Gasteiger partial charge in [0.25, 0.3) is 0 Å². The molecule has 4 aromatic carbocycles. The monoisotopic (exact) mass is 647 g/mol. The van der Waals surface area contributed by atoms with Crippen molar-refractivity contribution in [2.45, 2.75) is 45.3 Å². The Morgan fingerprint density at radius 3 is 1.98 bits per heavy atom. The van der Waals surface area contributed by atoms with Crippen molar-refractivity contribution in [3.8, 4) is 11.5 Å². The number of sulfonamides is 1. The Balaban J connectivity index is 1.67.